The van der Waals surface area contributed by atoms with Gasteiger partial charge in [0.1, 0.15) is 5.82 Å². The van der Waals surface area contributed by atoms with Gasteiger partial charge in [0, 0.05) is 17.8 Å². The molecule has 1 saturated heterocycles. The van der Waals surface area contributed by atoms with Crippen molar-refractivity contribution in [1.82, 2.24) is 19.5 Å². The first-order valence-electron chi connectivity index (χ1n) is 6.60. The molecule has 2 aromatic heterocycles. The van der Waals surface area contributed by atoms with Crippen LogP contribution >= 0.6 is 0 Å². The Balaban J connectivity index is 1.88. The molecule has 1 aliphatic heterocycles. The van der Waals surface area contributed by atoms with Crippen molar-refractivity contribution in [2.24, 2.45) is 0 Å². The lowest BCUT2D eigenvalue weighted by molar-refractivity contribution is 0.218. The minimum absolute atomic E-state index is 0.504. The number of fused-ring (bicyclic) bond motifs is 1. The van der Waals surface area contributed by atoms with Crippen LogP contribution < -0.4 is 5.73 Å². The van der Waals surface area contributed by atoms with E-state index in [4.69, 9.17) is 5.73 Å². The highest BCUT2D eigenvalue weighted by atomic mass is 15.3. The van der Waals surface area contributed by atoms with E-state index in [1.807, 2.05) is 22.7 Å². The minimum atomic E-state index is 0.504. The molecular formula is C13H19N5. The molecule has 0 aliphatic carbocycles. The van der Waals surface area contributed by atoms with Gasteiger partial charge in [-0.25, -0.2) is 0 Å². The largest absolute Gasteiger partial charge is 0.398 e. The third-order valence-corrected chi connectivity index (χ3v) is 3.85. The number of likely N-dealkylation sites (tertiary alicyclic amines) is 1. The molecular weight excluding hydrogens is 226 g/mol. The zero-order chi connectivity index (χ0) is 12.5. The zero-order valence-electron chi connectivity index (χ0n) is 10.7. The van der Waals surface area contributed by atoms with Crippen LogP contribution in [0.25, 0.3) is 5.65 Å². The molecule has 2 aromatic rings. The molecule has 1 fully saturated rings. The van der Waals surface area contributed by atoms with E-state index in [0.717, 1.165) is 49.6 Å². The average molecular weight is 245 g/mol. The molecule has 2 N–H and O–H groups in total. The van der Waals surface area contributed by atoms with Crippen molar-refractivity contribution in [3.8, 4) is 0 Å². The molecule has 3 heterocycles. The Morgan fingerprint density at radius 1 is 1.28 bits per heavy atom. The Morgan fingerprint density at radius 2 is 2.06 bits per heavy atom. The third-order valence-electron chi connectivity index (χ3n) is 3.85. The van der Waals surface area contributed by atoms with E-state index in [0.29, 0.717) is 5.92 Å². The highest BCUT2D eigenvalue weighted by Gasteiger charge is 2.23. The first-order chi connectivity index (χ1) is 8.78. The summed E-state index contributed by atoms with van der Waals surface area (Å²) in [6.07, 6.45) is 4.24. The molecule has 0 bridgehead atoms. The maximum atomic E-state index is 5.84. The van der Waals surface area contributed by atoms with Crippen LogP contribution in [0, 0.1) is 0 Å². The lowest BCUT2D eigenvalue weighted by Crippen LogP contribution is -2.33. The van der Waals surface area contributed by atoms with E-state index in [2.05, 4.69) is 22.0 Å². The molecule has 0 aromatic carbocycles. The molecule has 0 spiro atoms. The normalized spacial score (nSPS) is 18.5. The lowest BCUT2D eigenvalue weighted by Gasteiger charge is -2.30. The summed E-state index contributed by atoms with van der Waals surface area (Å²) < 4.78 is 2.04. The zero-order valence-corrected chi connectivity index (χ0v) is 10.7. The number of hydrogen-bond acceptors (Lipinski definition) is 4. The van der Waals surface area contributed by atoms with E-state index < -0.39 is 0 Å². The van der Waals surface area contributed by atoms with Crippen molar-refractivity contribution >= 4 is 11.3 Å². The van der Waals surface area contributed by atoms with Crippen LogP contribution in [-0.2, 0) is 0 Å². The number of anilines is 1. The maximum Gasteiger partial charge on any atom is 0.160 e. The second kappa shape index (κ2) is 4.57. The van der Waals surface area contributed by atoms with E-state index in [1.54, 1.807) is 0 Å². The van der Waals surface area contributed by atoms with Crippen LogP contribution in [0.5, 0.6) is 0 Å². The van der Waals surface area contributed by atoms with Gasteiger partial charge in [0.05, 0.1) is 0 Å². The number of hydrogen-bond donors (Lipinski definition) is 1. The second-order valence-electron chi connectivity index (χ2n) is 4.96. The van der Waals surface area contributed by atoms with Gasteiger partial charge in [-0.15, -0.1) is 10.2 Å². The topological polar surface area (TPSA) is 59.5 Å². The predicted octanol–water partition coefficient (Wildman–Crippen LogP) is 1.51. The van der Waals surface area contributed by atoms with Gasteiger partial charge in [-0.2, -0.15) is 0 Å². The van der Waals surface area contributed by atoms with Gasteiger partial charge in [-0.3, -0.25) is 4.40 Å². The van der Waals surface area contributed by atoms with Gasteiger partial charge < -0.3 is 10.6 Å². The summed E-state index contributed by atoms with van der Waals surface area (Å²) in [7, 11) is 0. The molecule has 0 radical (unpaired) electrons. The third kappa shape index (κ3) is 1.95. The first kappa shape index (κ1) is 11.5. The number of pyridine rings is 1. The van der Waals surface area contributed by atoms with Crippen molar-refractivity contribution in [3.63, 3.8) is 0 Å². The molecule has 18 heavy (non-hydrogen) atoms. The molecule has 3 rings (SSSR count). The van der Waals surface area contributed by atoms with Gasteiger partial charge in [0.25, 0.3) is 0 Å². The fourth-order valence-corrected chi connectivity index (χ4v) is 2.71. The number of rotatable bonds is 2. The fourth-order valence-electron chi connectivity index (χ4n) is 2.71. The Kier molecular flexibility index (Phi) is 2.91. The average Bonchev–Trinajstić information content (AvgIpc) is 2.82. The summed E-state index contributed by atoms with van der Waals surface area (Å²) in [4.78, 5) is 2.48. The summed E-state index contributed by atoms with van der Waals surface area (Å²) in [5, 5.41) is 8.57. The highest BCUT2D eigenvalue weighted by Crippen LogP contribution is 2.27. The summed E-state index contributed by atoms with van der Waals surface area (Å²) in [6.45, 7) is 5.66. The quantitative estimate of drug-likeness (QED) is 0.871. The Morgan fingerprint density at radius 3 is 2.78 bits per heavy atom. The van der Waals surface area contributed by atoms with Crippen molar-refractivity contribution in [2.45, 2.75) is 25.7 Å². The van der Waals surface area contributed by atoms with Crippen LogP contribution in [0.15, 0.2) is 18.3 Å². The van der Waals surface area contributed by atoms with Gasteiger partial charge in [-0.1, -0.05) is 6.92 Å². The van der Waals surface area contributed by atoms with Crippen LogP contribution in [0.1, 0.15) is 31.5 Å². The van der Waals surface area contributed by atoms with E-state index >= 15 is 0 Å². The molecule has 0 atom stereocenters. The summed E-state index contributed by atoms with van der Waals surface area (Å²) >= 11 is 0. The lowest BCUT2D eigenvalue weighted by atomic mass is 9.96. The van der Waals surface area contributed by atoms with Gasteiger partial charge in [-0.05, 0) is 44.6 Å². The predicted molar refractivity (Wildman–Crippen MR) is 71.5 cm³/mol. The Labute approximate surface area is 107 Å². The van der Waals surface area contributed by atoms with Crippen molar-refractivity contribution in [1.29, 1.82) is 0 Å². The molecule has 1 aliphatic rings. The molecule has 0 unspecified atom stereocenters. The fraction of sp³-hybridized carbons (Fsp3) is 0.538. The smallest absolute Gasteiger partial charge is 0.160 e. The summed E-state index contributed by atoms with van der Waals surface area (Å²) in [6, 6.07) is 3.79. The van der Waals surface area contributed by atoms with E-state index in [9.17, 15) is 0 Å². The monoisotopic (exact) mass is 245 g/mol. The second-order valence-corrected chi connectivity index (χ2v) is 4.96. The van der Waals surface area contributed by atoms with Crippen molar-refractivity contribution in [3.05, 3.63) is 24.2 Å². The van der Waals surface area contributed by atoms with Crippen molar-refractivity contribution < 1.29 is 0 Å². The standard InChI is InChI=1S/C13H19N5/c1-2-17-7-5-10(6-8-17)13-16-15-12-4-3-11(14)9-18(12)13/h3-4,9-10H,2,5-8,14H2,1H3. The SMILES string of the molecule is CCN1CCC(c2nnc3ccc(N)cn23)CC1. The minimum Gasteiger partial charge on any atom is -0.398 e. The molecule has 96 valence electrons. The number of piperidine rings is 1. The van der Waals surface area contributed by atoms with Crippen LogP contribution in [0.3, 0.4) is 0 Å². The van der Waals surface area contributed by atoms with E-state index in [-0.39, 0.29) is 0 Å². The number of nitrogen functional groups attached to an aromatic ring is 1. The highest BCUT2D eigenvalue weighted by molar-refractivity contribution is 5.47. The molecule has 0 saturated carbocycles. The summed E-state index contributed by atoms with van der Waals surface area (Å²) in [5.74, 6) is 1.57. The number of aromatic nitrogens is 3. The summed E-state index contributed by atoms with van der Waals surface area (Å²) in [5.41, 5.74) is 7.49. The molecule has 5 nitrogen and oxygen atoms in total. The maximum absolute atomic E-state index is 5.84. The molecule has 5 heteroatoms. The van der Waals surface area contributed by atoms with Gasteiger partial charge in [0.2, 0.25) is 0 Å². The van der Waals surface area contributed by atoms with Crippen LogP contribution in [0.2, 0.25) is 0 Å². The Hall–Kier alpha value is -1.62. The first-order valence-corrected chi connectivity index (χ1v) is 6.60. The number of nitrogens with zero attached hydrogens (tertiary/aromatic N) is 4. The molecule has 0 amide bonds. The van der Waals surface area contributed by atoms with Gasteiger partial charge >= 0.3 is 0 Å². The van der Waals surface area contributed by atoms with Crippen LogP contribution in [-0.4, -0.2) is 39.1 Å². The van der Waals surface area contributed by atoms with E-state index in [1.165, 1.54) is 0 Å². The van der Waals surface area contributed by atoms with Crippen molar-refractivity contribution in [2.75, 3.05) is 25.4 Å². The number of nitrogens with two attached hydrogens (primary N) is 1. The Bertz CT molecular complexity index is 539. The van der Waals surface area contributed by atoms with Gasteiger partial charge in [0.15, 0.2) is 5.65 Å². The van der Waals surface area contributed by atoms with Crippen LogP contribution in [0.4, 0.5) is 5.69 Å².